The van der Waals surface area contributed by atoms with Gasteiger partial charge in [-0.25, -0.2) is 19.3 Å². The van der Waals surface area contributed by atoms with Gasteiger partial charge >= 0.3 is 0 Å². The molecule has 0 bridgehead atoms. The van der Waals surface area contributed by atoms with Crippen molar-refractivity contribution in [3.63, 3.8) is 0 Å². The molecule has 0 radical (unpaired) electrons. The molecule has 2 atom stereocenters. The Hall–Kier alpha value is -3.98. The monoisotopic (exact) mass is 600 g/mol. The van der Waals surface area contributed by atoms with Crippen molar-refractivity contribution in [2.24, 2.45) is 17.8 Å². The van der Waals surface area contributed by atoms with Crippen LogP contribution in [0.2, 0.25) is 5.02 Å². The van der Waals surface area contributed by atoms with E-state index >= 15 is 0 Å². The third-order valence-electron chi connectivity index (χ3n) is 9.09. The fourth-order valence-corrected chi connectivity index (χ4v) is 6.68. The Kier molecular flexibility index (Phi) is 7.74. The van der Waals surface area contributed by atoms with E-state index in [-0.39, 0.29) is 12.3 Å². The molecule has 2 fully saturated rings. The summed E-state index contributed by atoms with van der Waals surface area (Å²) in [6.45, 7) is 3.39. The summed E-state index contributed by atoms with van der Waals surface area (Å²) in [5.41, 5.74) is 3.20. The highest BCUT2D eigenvalue weighted by molar-refractivity contribution is 6.30. The normalized spacial score (nSPS) is 19.9. The quantitative estimate of drug-likeness (QED) is 0.251. The summed E-state index contributed by atoms with van der Waals surface area (Å²) in [6, 6.07) is 14.8. The number of benzene rings is 2. The number of rotatable bonds is 9. The third-order valence-corrected chi connectivity index (χ3v) is 9.28. The first kappa shape index (κ1) is 27.8. The number of H-pyrrole nitrogens is 1. The molecule has 2 aliphatic heterocycles. The average Bonchev–Trinajstić information content (AvgIpc) is 3.51. The van der Waals surface area contributed by atoms with Crippen molar-refractivity contribution in [3.8, 4) is 17.1 Å². The molecule has 2 aromatic heterocycles. The van der Waals surface area contributed by atoms with Crippen molar-refractivity contribution in [2.45, 2.75) is 45.2 Å². The van der Waals surface area contributed by atoms with Crippen LogP contribution in [0.25, 0.3) is 11.4 Å². The van der Waals surface area contributed by atoms with Crippen LogP contribution in [0, 0.1) is 23.6 Å². The van der Waals surface area contributed by atoms with Gasteiger partial charge in [-0.05, 0) is 55.1 Å². The summed E-state index contributed by atoms with van der Waals surface area (Å²) < 4.78 is 20.8. The predicted molar refractivity (Wildman–Crippen MR) is 162 cm³/mol. The Morgan fingerprint density at radius 3 is 2.60 bits per heavy atom. The van der Waals surface area contributed by atoms with Gasteiger partial charge in [0.2, 0.25) is 11.9 Å². The summed E-state index contributed by atoms with van der Waals surface area (Å²) in [6.07, 6.45) is 7.82. The van der Waals surface area contributed by atoms with Gasteiger partial charge in [-0.1, -0.05) is 48.0 Å². The van der Waals surface area contributed by atoms with Gasteiger partial charge in [0, 0.05) is 24.7 Å². The van der Waals surface area contributed by atoms with Gasteiger partial charge < -0.3 is 19.5 Å². The number of fused-ring (bicyclic) bond motifs is 1. The molecule has 3 aliphatic rings. The first-order valence-electron chi connectivity index (χ1n) is 15.0. The third kappa shape index (κ3) is 6.22. The molecule has 10 heteroatoms. The second-order valence-electron chi connectivity index (χ2n) is 11.9. The molecule has 222 valence electrons. The van der Waals surface area contributed by atoms with E-state index in [1.54, 1.807) is 29.4 Å². The minimum Gasteiger partial charge on any atom is -0.493 e. The SMILES string of the molecule is O=C(Cc1ccc(OCCC2CC2C2CCN(c3ncc(Cl)cn3)CC2)cc1F)N1Cc2nc(-c3ccccc3)[nH]c2C1. The number of aromatic nitrogens is 4. The van der Waals surface area contributed by atoms with E-state index in [4.69, 9.17) is 16.3 Å². The highest BCUT2D eigenvalue weighted by atomic mass is 35.5. The van der Waals surface area contributed by atoms with Crippen molar-refractivity contribution < 1.29 is 13.9 Å². The number of imidazole rings is 1. The molecule has 4 aromatic rings. The number of aromatic amines is 1. The molecule has 4 heterocycles. The van der Waals surface area contributed by atoms with E-state index in [0.717, 1.165) is 72.9 Å². The zero-order chi connectivity index (χ0) is 29.3. The van der Waals surface area contributed by atoms with E-state index in [1.807, 2.05) is 30.3 Å². The predicted octanol–water partition coefficient (Wildman–Crippen LogP) is 6.07. The molecule has 2 unspecified atom stereocenters. The van der Waals surface area contributed by atoms with Crippen molar-refractivity contribution in [3.05, 3.63) is 88.7 Å². The smallest absolute Gasteiger partial charge is 0.227 e. The highest BCUT2D eigenvalue weighted by Crippen LogP contribution is 2.50. The van der Waals surface area contributed by atoms with E-state index in [9.17, 15) is 9.18 Å². The molecule has 43 heavy (non-hydrogen) atoms. The topological polar surface area (TPSA) is 87.2 Å². The molecule has 1 amide bonds. The number of ether oxygens (including phenoxy) is 1. The largest absolute Gasteiger partial charge is 0.493 e. The Balaban J connectivity index is 0.840. The standard InChI is InChI=1S/C33H34ClFN6O2/c34-25-17-36-33(37-18-25)40-11-8-21(9-12-40)27-14-23(27)10-13-43-26-7-6-24(28(35)16-26)15-31(42)41-19-29-30(20-41)39-32(38-29)22-4-2-1-3-5-22/h1-7,16-18,21,23,27H,8-15,19-20H2,(H,38,39). The Labute approximate surface area is 255 Å². The second-order valence-corrected chi connectivity index (χ2v) is 12.3. The van der Waals surface area contributed by atoms with Crippen molar-refractivity contribution in [2.75, 3.05) is 24.6 Å². The molecule has 1 aliphatic carbocycles. The number of carbonyl (C=O) groups is 1. The van der Waals surface area contributed by atoms with Gasteiger partial charge in [0.25, 0.3) is 0 Å². The minimum atomic E-state index is -0.409. The fourth-order valence-electron chi connectivity index (χ4n) is 6.58. The zero-order valence-electron chi connectivity index (χ0n) is 23.9. The van der Waals surface area contributed by atoms with Crippen LogP contribution >= 0.6 is 11.6 Å². The zero-order valence-corrected chi connectivity index (χ0v) is 24.6. The highest BCUT2D eigenvalue weighted by Gasteiger charge is 2.43. The number of amides is 1. The van der Waals surface area contributed by atoms with Gasteiger partial charge in [-0.15, -0.1) is 0 Å². The first-order valence-corrected chi connectivity index (χ1v) is 15.4. The van der Waals surface area contributed by atoms with Crippen LogP contribution in [0.15, 0.2) is 60.9 Å². The maximum atomic E-state index is 14.9. The lowest BCUT2D eigenvalue weighted by molar-refractivity contribution is -0.131. The number of nitrogens with zero attached hydrogens (tertiary/aromatic N) is 5. The summed E-state index contributed by atoms with van der Waals surface area (Å²) in [4.78, 5) is 33.6. The fraction of sp³-hybridized carbons (Fsp3) is 0.394. The van der Waals surface area contributed by atoms with E-state index < -0.39 is 5.82 Å². The molecule has 1 saturated heterocycles. The average molecular weight is 601 g/mol. The number of hydrogen-bond donors (Lipinski definition) is 1. The molecular weight excluding hydrogens is 567 g/mol. The lowest BCUT2D eigenvalue weighted by atomic mass is 9.90. The van der Waals surface area contributed by atoms with E-state index in [1.165, 1.54) is 12.5 Å². The number of anilines is 1. The van der Waals surface area contributed by atoms with E-state index in [2.05, 4.69) is 24.8 Å². The molecule has 7 rings (SSSR count). The van der Waals surface area contributed by atoms with Crippen LogP contribution < -0.4 is 9.64 Å². The van der Waals surface area contributed by atoms with Crippen LogP contribution in [0.5, 0.6) is 5.75 Å². The van der Waals surface area contributed by atoms with Gasteiger partial charge in [0.15, 0.2) is 0 Å². The Morgan fingerprint density at radius 1 is 1.07 bits per heavy atom. The van der Waals surface area contributed by atoms with E-state index in [0.29, 0.717) is 41.9 Å². The molecular formula is C33H34ClFN6O2. The Morgan fingerprint density at radius 2 is 1.86 bits per heavy atom. The molecule has 0 spiro atoms. The molecule has 1 saturated carbocycles. The number of piperidine rings is 1. The van der Waals surface area contributed by atoms with Crippen molar-refractivity contribution in [1.82, 2.24) is 24.8 Å². The van der Waals surface area contributed by atoms with Crippen LogP contribution in [0.4, 0.5) is 10.3 Å². The van der Waals surface area contributed by atoms with Gasteiger partial charge in [-0.3, -0.25) is 4.79 Å². The van der Waals surface area contributed by atoms with Crippen molar-refractivity contribution >= 4 is 23.5 Å². The lowest BCUT2D eigenvalue weighted by Gasteiger charge is -2.32. The van der Waals surface area contributed by atoms with Gasteiger partial charge in [-0.2, -0.15) is 0 Å². The maximum absolute atomic E-state index is 14.9. The Bertz CT molecular complexity index is 1570. The summed E-state index contributed by atoms with van der Waals surface area (Å²) in [5.74, 6) is 3.69. The molecule has 1 N–H and O–H groups in total. The molecule has 8 nitrogen and oxygen atoms in total. The number of hydrogen-bond acceptors (Lipinski definition) is 6. The number of carbonyl (C=O) groups excluding carboxylic acids is 1. The summed E-state index contributed by atoms with van der Waals surface area (Å²) >= 11 is 5.91. The molecule has 2 aromatic carbocycles. The van der Waals surface area contributed by atoms with Gasteiger partial charge in [0.05, 0.1) is 54.9 Å². The minimum absolute atomic E-state index is 0.00858. The summed E-state index contributed by atoms with van der Waals surface area (Å²) in [7, 11) is 0. The summed E-state index contributed by atoms with van der Waals surface area (Å²) in [5, 5.41) is 0.556. The van der Waals surface area contributed by atoms with Crippen LogP contribution in [0.1, 0.15) is 42.6 Å². The van der Waals surface area contributed by atoms with Crippen molar-refractivity contribution in [1.29, 1.82) is 0 Å². The number of halogens is 2. The van der Waals surface area contributed by atoms with Crippen LogP contribution in [-0.4, -0.2) is 50.4 Å². The number of nitrogens with one attached hydrogen (secondary N) is 1. The van der Waals surface area contributed by atoms with Gasteiger partial charge in [0.1, 0.15) is 17.4 Å². The maximum Gasteiger partial charge on any atom is 0.227 e. The van der Waals surface area contributed by atoms with Crippen LogP contribution in [-0.2, 0) is 24.3 Å². The first-order chi connectivity index (χ1) is 21.0. The van der Waals surface area contributed by atoms with Crippen LogP contribution in [0.3, 0.4) is 0 Å². The lowest BCUT2D eigenvalue weighted by Crippen LogP contribution is -2.35. The second kappa shape index (κ2) is 12.0.